The van der Waals surface area contributed by atoms with Gasteiger partial charge in [0.05, 0.1) is 11.7 Å². The SMILES string of the molecule is CCCCC(C)CC(O)Cc1cccc(C(=O)c2ccccc2C(=O)O)c1N. The number of unbranched alkanes of at least 4 members (excludes halogenated alkanes) is 1. The quantitative estimate of drug-likeness (QED) is 0.419. The molecule has 0 aromatic heterocycles. The molecule has 0 saturated carbocycles. The summed E-state index contributed by atoms with van der Waals surface area (Å²) in [4.78, 5) is 24.3. The number of carbonyl (C=O) groups excluding carboxylic acids is 1. The van der Waals surface area contributed by atoms with Gasteiger partial charge in [-0.2, -0.15) is 0 Å². The zero-order valence-corrected chi connectivity index (χ0v) is 16.5. The monoisotopic (exact) mass is 383 g/mol. The van der Waals surface area contributed by atoms with Crippen LogP contribution < -0.4 is 5.73 Å². The van der Waals surface area contributed by atoms with E-state index in [2.05, 4.69) is 13.8 Å². The molecule has 5 nitrogen and oxygen atoms in total. The van der Waals surface area contributed by atoms with E-state index in [1.807, 2.05) is 0 Å². The summed E-state index contributed by atoms with van der Waals surface area (Å²) in [6.07, 6.45) is 3.86. The van der Waals surface area contributed by atoms with Crippen molar-refractivity contribution in [3.05, 3.63) is 64.7 Å². The lowest BCUT2D eigenvalue weighted by molar-refractivity contribution is 0.0692. The van der Waals surface area contributed by atoms with Crippen LogP contribution >= 0.6 is 0 Å². The minimum atomic E-state index is -1.16. The Morgan fingerprint density at radius 2 is 1.68 bits per heavy atom. The van der Waals surface area contributed by atoms with Crippen molar-refractivity contribution in [1.29, 1.82) is 0 Å². The van der Waals surface area contributed by atoms with E-state index in [9.17, 15) is 19.8 Å². The van der Waals surface area contributed by atoms with Crippen molar-refractivity contribution in [2.45, 2.75) is 52.1 Å². The predicted molar refractivity (Wildman–Crippen MR) is 111 cm³/mol. The lowest BCUT2D eigenvalue weighted by Crippen LogP contribution is -2.17. The summed E-state index contributed by atoms with van der Waals surface area (Å²) in [5.41, 5.74) is 7.54. The lowest BCUT2D eigenvalue weighted by Gasteiger charge is -2.18. The Morgan fingerprint density at radius 1 is 1.04 bits per heavy atom. The molecule has 0 aliphatic carbocycles. The molecule has 2 atom stereocenters. The van der Waals surface area contributed by atoms with Gasteiger partial charge in [0, 0.05) is 23.2 Å². The largest absolute Gasteiger partial charge is 0.478 e. The van der Waals surface area contributed by atoms with Gasteiger partial charge < -0.3 is 15.9 Å². The molecule has 5 heteroatoms. The molecule has 2 rings (SSSR count). The van der Waals surface area contributed by atoms with E-state index < -0.39 is 17.9 Å². The topological polar surface area (TPSA) is 101 Å². The molecule has 0 heterocycles. The molecule has 0 aliphatic rings. The summed E-state index contributed by atoms with van der Waals surface area (Å²) in [6.45, 7) is 4.28. The van der Waals surface area contributed by atoms with Crippen molar-refractivity contribution in [1.82, 2.24) is 0 Å². The summed E-state index contributed by atoms with van der Waals surface area (Å²) >= 11 is 0. The maximum atomic E-state index is 12.9. The number of benzene rings is 2. The minimum Gasteiger partial charge on any atom is -0.478 e. The Kier molecular flexibility index (Phi) is 7.76. The van der Waals surface area contributed by atoms with Gasteiger partial charge in [-0.3, -0.25) is 4.79 Å². The number of aliphatic hydroxyl groups is 1. The second kappa shape index (κ2) is 10.0. The molecule has 0 aliphatic heterocycles. The number of hydrogen-bond donors (Lipinski definition) is 3. The van der Waals surface area contributed by atoms with Crippen LogP contribution in [-0.4, -0.2) is 28.1 Å². The number of hydrogen-bond acceptors (Lipinski definition) is 4. The molecular formula is C23H29NO4. The second-order valence-corrected chi connectivity index (χ2v) is 7.40. The zero-order chi connectivity index (χ0) is 20.7. The van der Waals surface area contributed by atoms with Crippen molar-refractivity contribution in [3.63, 3.8) is 0 Å². The fourth-order valence-corrected chi connectivity index (χ4v) is 3.47. The Balaban J connectivity index is 2.21. The number of nitrogens with two attached hydrogens (primary N) is 1. The molecular weight excluding hydrogens is 354 g/mol. The molecule has 0 radical (unpaired) electrons. The molecule has 0 bridgehead atoms. The molecule has 150 valence electrons. The zero-order valence-electron chi connectivity index (χ0n) is 16.5. The molecule has 0 saturated heterocycles. The fraction of sp³-hybridized carbons (Fsp3) is 0.391. The van der Waals surface area contributed by atoms with Crippen LogP contribution in [-0.2, 0) is 6.42 Å². The van der Waals surface area contributed by atoms with Crippen LogP contribution in [0.25, 0.3) is 0 Å². The number of para-hydroxylation sites is 1. The molecule has 4 N–H and O–H groups in total. The number of anilines is 1. The van der Waals surface area contributed by atoms with Crippen LogP contribution in [0.2, 0.25) is 0 Å². The number of aromatic carboxylic acids is 1. The third-order valence-electron chi connectivity index (χ3n) is 5.02. The fourth-order valence-electron chi connectivity index (χ4n) is 3.47. The van der Waals surface area contributed by atoms with Gasteiger partial charge in [-0.05, 0) is 30.0 Å². The van der Waals surface area contributed by atoms with Crippen molar-refractivity contribution in [2.24, 2.45) is 5.92 Å². The summed E-state index contributed by atoms with van der Waals surface area (Å²) in [5, 5.41) is 19.8. The Morgan fingerprint density at radius 3 is 2.32 bits per heavy atom. The van der Waals surface area contributed by atoms with Crippen molar-refractivity contribution < 1.29 is 19.8 Å². The molecule has 28 heavy (non-hydrogen) atoms. The number of ketones is 1. The van der Waals surface area contributed by atoms with E-state index >= 15 is 0 Å². The molecule has 2 aromatic rings. The first-order valence-corrected chi connectivity index (χ1v) is 9.77. The summed E-state index contributed by atoms with van der Waals surface area (Å²) in [5.74, 6) is -1.17. The van der Waals surface area contributed by atoms with Gasteiger partial charge in [0.1, 0.15) is 0 Å². The normalized spacial score (nSPS) is 13.1. The number of carboxylic acids is 1. The highest BCUT2D eigenvalue weighted by Crippen LogP contribution is 2.25. The highest BCUT2D eigenvalue weighted by Gasteiger charge is 2.21. The van der Waals surface area contributed by atoms with E-state index in [-0.39, 0.29) is 16.7 Å². The predicted octanol–water partition coefficient (Wildman–Crippen LogP) is 4.32. The van der Waals surface area contributed by atoms with E-state index in [0.717, 1.165) is 19.3 Å². The first-order chi connectivity index (χ1) is 13.3. The number of carbonyl (C=O) groups is 2. The van der Waals surface area contributed by atoms with Crippen molar-refractivity contribution in [3.8, 4) is 0 Å². The summed E-state index contributed by atoms with van der Waals surface area (Å²) < 4.78 is 0. The van der Waals surface area contributed by atoms with Crippen molar-refractivity contribution in [2.75, 3.05) is 5.73 Å². The molecule has 2 unspecified atom stereocenters. The van der Waals surface area contributed by atoms with Crippen LogP contribution in [0.5, 0.6) is 0 Å². The van der Waals surface area contributed by atoms with Gasteiger partial charge >= 0.3 is 5.97 Å². The van der Waals surface area contributed by atoms with Gasteiger partial charge in [-0.25, -0.2) is 4.79 Å². The molecule has 0 amide bonds. The summed E-state index contributed by atoms with van der Waals surface area (Å²) in [7, 11) is 0. The van der Waals surface area contributed by atoms with Crippen LogP contribution in [0.1, 0.15) is 71.4 Å². The van der Waals surface area contributed by atoms with Crippen LogP contribution in [0.3, 0.4) is 0 Å². The van der Waals surface area contributed by atoms with Gasteiger partial charge in [-0.15, -0.1) is 0 Å². The third kappa shape index (κ3) is 5.42. The average Bonchev–Trinajstić information content (AvgIpc) is 2.67. The Hall–Kier alpha value is -2.66. The van der Waals surface area contributed by atoms with Crippen LogP contribution in [0, 0.1) is 5.92 Å². The van der Waals surface area contributed by atoms with E-state index in [1.165, 1.54) is 12.1 Å². The number of carboxylic acid groups (broad SMARTS) is 1. The van der Waals surface area contributed by atoms with Gasteiger partial charge in [0.25, 0.3) is 0 Å². The van der Waals surface area contributed by atoms with Gasteiger partial charge in [0.2, 0.25) is 0 Å². The molecule has 2 aromatic carbocycles. The minimum absolute atomic E-state index is 0.0536. The first-order valence-electron chi connectivity index (χ1n) is 9.77. The third-order valence-corrected chi connectivity index (χ3v) is 5.02. The number of aliphatic hydroxyl groups excluding tert-OH is 1. The maximum absolute atomic E-state index is 12.9. The van der Waals surface area contributed by atoms with Crippen molar-refractivity contribution >= 4 is 17.4 Å². The maximum Gasteiger partial charge on any atom is 0.336 e. The summed E-state index contributed by atoms with van der Waals surface area (Å²) in [6, 6.07) is 11.2. The molecule has 0 fully saturated rings. The number of rotatable bonds is 10. The van der Waals surface area contributed by atoms with E-state index in [1.54, 1.807) is 30.3 Å². The number of nitrogen functional groups attached to an aromatic ring is 1. The van der Waals surface area contributed by atoms with E-state index in [4.69, 9.17) is 5.73 Å². The highest BCUT2D eigenvalue weighted by molar-refractivity contribution is 6.16. The second-order valence-electron chi connectivity index (χ2n) is 7.40. The standard InChI is InChI=1S/C23H29NO4/c1-3-4-8-15(2)13-17(25)14-16-9-7-12-20(21(16)24)22(26)18-10-5-6-11-19(18)23(27)28/h5-7,9-12,15,17,25H,3-4,8,13-14,24H2,1-2H3,(H,27,28). The van der Waals surface area contributed by atoms with E-state index in [0.29, 0.717) is 30.0 Å². The Bertz CT molecular complexity index is 831. The molecule has 0 spiro atoms. The van der Waals surface area contributed by atoms with Crippen LogP contribution in [0.15, 0.2) is 42.5 Å². The lowest BCUT2D eigenvalue weighted by atomic mass is 9.91. The highest BCUT2D eigenvalue weighted by atomic mass is 16.4. The Labute approximate surface area is 166 Å². The van der Waals surface area contributed by atoms with Crippen LogP contribution in [0.4, 0.5) is 5.69 Å². The van der Waals surface area contributed by atoms with Gasteiger partial charge in [-0.1, -0.05) is 63.4 Å². The average molecular weight is 383 g/mol. The smallest absolute Gasteiger partial charge is 0.336 e. The first kappa shape index (κ1) is 21.6. The van der Waals surface area contributed by atoms with Gasteiger partial charge in [0.15, 0.2) is 5.78 Å².